The summed E-state index contributed by atoms with van der Waals surface area (Å²) in [5.41, 5.74) is 8.29. The predicted octanol–water partition coefficient (Wildman–Crippen LogP) is 3.20. The van der Waals surface area contributed by atoms with Gasteiger partial charge in [0.05, 0.1) is 18.9 Å². The second kappa shape index (κ2) is 6.75. The first-order valence-corrected chi connectivity index (χ1v) is 6.93. The lowest BCUT2D eigenvalue weighted by molar-refractivity contribution is 0.106. The monoisotopic (exact) mass is 336 g/mol. The Kier molecular flexibility index (Phi) is 5.01. The molecule has 0 atom stereocenters. The van der Waals surface area contributed by atoms with Crippen LogP contribution in [0.4, 0.5) is 0 Å². The smallest absolute Gasteiger partial charge is 0.122 e. The summed E-state index contributed by atoms with van der Waals surface area (Å²) >= 11 is 8.39. The fraction of sp³-hybridized carbons (Fsp3) is 0.143. The average molecular weight is 337 g/mol. The van der Waals surface area contributed by atoms with Gasteiger partial charge in [-0.25, -0.2) is 0 Å². The maximum absolute atomic E-state index is 5.68. The molecule has 0 unspecified atom stereocenters. The van der Waals surface area contributed by atoms with Crippen LogP contribution in [0.3, 0.4) is 0 Å². The molecule has 0 aliphatic heterocycles. The normalized spacial score (nSPS) is 10.4. The lowest BCUT2D eigenvalue weighted by atomic mass is 10.2. The molecule has 0 aliphatic carbocycles. The molecule has 3 nitrogen and oxygen atoms in total. The number of halogens is 1. The van der Waals surface area contributed by atoms with Crippen molar-refractivity contribution < 1.29 is 4.74 Å². The van der Waals surface area contributed by atoms with Gasteiger partial charge < -0.3 is 10.5 Å². The third kappa shape index (κ3) is 4.09. The van der Waals surface area contributed by atoms with Crippen molar-refractivity contribution in [1.82, 2.24) is 4.98 Å². The molecule has 0 spiro atoms. The Labute approximate surface area is 125 Å². The third-order valence-electron chi connectivity index (χ3n) is 2.56. The van der Waals surface area contributed by atoms with E-state index in [-0.39, 0.29) is 0 Å². The number of aromatic nitrogens is 1. The summed E-state index contributed by atoms with van der Waals surface area (Å²) < 4.78 is 6.73. The number of pyridine rings is 1. The van der Waals surface area contributed by atoms with Crippen LogP contribution in [0, 0.1) is 0 Å². The zero-order valence-corrected chi connectivity index (χ0v) is 12.6. The second-order valence-corrected chi connectivity index (χ2v) is 5.29. The van der Waals surface area contributed by atoms with Crippen molar-refractivity contribution in [2.75, 3.05) is 0 Å². The molecule has 1 aromatic carbocycles. The molecule has 19 heavy (non-hydrogen) atoms. The van der Waals surface area contributed by atoms with E-state index >= 15 is 0 Å². The van der Waals surface area contributed by atoms with E-state index in [9.17, 15) is 0 Å². The molecule has 0 saturated carbocycles. The third-order valence-corrected chi connectivity index (χ3v) is 3.54. The molecular weight excluding hydrogens is 324 g/mol. The van der Waals surface area contributed by atoms with E-state index in [2.05, 4.69) is 20.9 Å². The molecule has 1 heterocycles. The largest absolute Gasteiger partial charge is 0.388 e. The van der Waals surface area contributed by atoms with Crippen molar-refractivity contribution in [3.05, 3.63) is 63.9 Å². The van der Waals surface area contributed by atoms with Gasteiger partial charge in [0.15, 0.2) is 0 Å². The van der Waals surface area contributed by atoms with Crippen LogP contribution in [-0.2, 0) is 18.0 Å². The van der Waals surface area contributed by atoms with Crippen molar-refractivity contribution >= 4 is 33.1 Å². The van der Waals surface area contributed by atoms with Crippen molar-refractivity contribution in [2.24, 2.45) is 5.73 Å². The maximum Gasteiger partial charge on any atom is 0.122 e. The first-order valence-electron chi connectivity index (χ1n) is 5.72. The van der Waals surface area contributed by atoms with Gasteiger partial charge in [-0.1, -0.05) is 46.3 Å². The van der Waals surface area contributed by atoms with Gasteiger partial charge in [-0.3, -0.25) is 4.98 Å². The minimum Gasteiger partial charge on any atom is -0.388 e. The van der Waals surface area contributed by atoms with Crippen LogP contribution in [0.2, 0.25) is 0 Å². The summed E-state index contributed by atoms with van der Waals surface area (Å²) in [5.74, 6) is 0. The molecule has 0 radical (unpaired) electrons. The molecular formula is C14H13BrN2OS. The Bertz CT molecular complexity index is 589. The highest BCUT2D eigenvalue weighted by molar-refractivity contribution is 9.10. The number of ether oxygens (including phenoxy) is 1. The fourth-order valence-corrected chi connectivity index (χ4v) is 2.10. The number of nitrogens with zero attached hydrogens (tertiary/aromatic N) is 1. The molecule has 2 N–H and O–H groups in total. The SMILES string of the molecule is NC(=S)c1cc(COCc2ccccc2Br)ccn1. The summed E-state index contributed by atoms with van der Waals surface area (Å²) in [6.45, 7) is 1.05. The Morgan fingerprint density at radius 3 is 2.79 bits per heavy atom. The van der Waals surface area contributed by atoms with Crippen molar-refractivity contribution in [2.45, 2.75) is 13.2 Å². The lowest BCUT2D eigenvalue weighted by Crippen LogP contribution is -2.11. The van der Waals surface area contributed by atoms with Gasteiger partial charge in [0.25, 0.3) is 0 Å². The van der Waals surface area contributed by atoms with Gasteiger partial charge in [-0.15, -0.1) is 0 Å². The van der Waals surface area contributed by atoms with Crippen LogP contribution in [0.5, 0.6) is 0 Å². The van der Waals surface area contributed by atoms with E-state index in [4.69, 9.17) is 22.7 Å². The molecule has 0 amide bonds. The summed E-state index contributed by atoms with van der Waals surface area (Å²) in [4.78, 5) is 4.39. The Hall–Kier alpha value is -1.30. The van der Waals surface area contributed by atoms with Crippen LogP contribution in [0.1, 0.15) is 16.8 Å². The van der Waals surface area contributed by atoms with E-state index in [1.807, 2.05) is 36.4 Å². The van der Waals surface area contributed by atoms with E-state index in [0.717, 1.165) is 15.6 Å². The van der Waals surface area contributed by atoms with E-state index in [0.29, 0.717) is 23.9 Å². The number of hydrogen-bond acceptors (Lipinski definition) is 3. The van der Waals surface area contributed by atoms with E-state index < -0.39 is 0 Å². The highest BCUT2D eigenvalue weighted by Crippen LogP contribution is 2.17. The molecule has 98 valence electrons. The molecule has 1 aromatic heterocycles. The minimum atomic E-state index is 0.299. The summed E-state index contributed by atoms with van der Waals surface area (Å²) in [7, 11) is 0. The minimum absolute atomic E-state index is 0.299. The molecule has 0 aliphatic rings. The zero-order valence-electron chi connectivity index (χ0n) is 10.2. The second-order valence-electron chi connectivity index (χ2n) is 4.00. The average Bonchev–Trinajstić information content (AvgIpc) is 2.41. The van der Waals surface area contributed by atoms with Crippen molar-refractivity contribution in [1.29, 1.82) is 0 Å². The summed E-state index contributed by atoms with van der Waals surface area (Å²) in [6.07, 6.45) is 1.69. The van der Waals surface area contributed by atoms with Crippen LogP contribution >= 0.6 is 28.1 Å². The lowest BCUT2D eigenvalue weighted by Gasteiger charge is -2.07. The van der Waals surface area contributed by atoms with Gasteiger partial charge in [0.2, 0.25) is 0 Å². The number of benzene rings is 1. The Morgan fingerprint density at radius 2 is 2.05 bits per heavy atom. The Balaban J connectivity index is 1.94. The predicted molar refractivity (Wildman–Crippen MR) is 82.8 cm³/mol. The van der Waals surface area contributed by atoms with Gasteiger partial charge in [-0.05, 0) is 29.3 Å². The van der Waals surface area contributed by atoms with E-state index in [1.165, 1.54) is 0 Å². The van der Waals surface area contributed by atoms with Crippen LogP contribution in [0.25, 0.3) is 0 Å². The van der Waals surface area contributed by atoms with Gasteiger partial charge in [0.1, 0.15) is 4.99 Å². The first-order chi connectivity index (χ1) is 9.16. The number of thiocarbonyl (C=S) groups is 1. The number of rotatable bonds is 5. The van der Waals surface area contributed by atoms with Crippen molar-refractivity contribution in [3.63, 3.8) is 0 Å². The van der Waals surface area contributed by atoms with Gasteiger partial charge in [-0.2, -0.15) is 0 Å². The molecule has 0 saturated heterocycles. The van der Waals surface area contributed by atoms with Crippen LogP contribution in [-0.4, -0.2) is 9.97 Å². The molecule has 0 bridgehead atoms. The molecule has 2 aromatic rings. The molecule has 2 rings (SSSR count). The zero-order chi connectivity index (χ0) is 13.7. The first kappa shape index (κ1) is 14.1. The van der Waals surface area contributed by atoms with Crippen LogP contribution < -0.4 is 5.73 Å². The highest BCUT2D eigenvalue weighted by Gasteiger charge is 2.02. The summed E-state index contributed by atoms with van der Waals surface area (Å²) in [6, 6.07) is 11.7. The van der Waals surface area contributed by atoms with Crippen molar-refractivity contribution in [3.8, 4) is 0 Å². The van der Waals surface area contributed by atoms with E-state index in [1.54, 1.807) is 6.20 Å². The van der Waals surface area contributed by atoms with Crippen LogP contribution in [0.15, 0.2) is 47.1 Å². The van der Waals surface area contributed by atoms with Gasteiger partial charge in [0, 0.05) is 10.7 Å². The molecule has 0 fully saturated rings. The maximum atomic E-state index is 5.68. The number of nitrogens with two attached hydrogens (primary N) is 1. The highest BCUT2D eigenvalue weighted by atomic mass is 79.9. The Morgan fingerprint density at radius 1 is 1.26 bits per heavy atom. The topological polar surface area (TPSA) is 48.1 Å². The standard InChI is InChI=1S/C14H13BrN2OS/c15-12-4-2-1-3-11(12)9-18-8-10-5-6-17-13(7-10)14(16)19/h1-7H,8-9H2,(H2,16,19). The number of hydrogen-bond donors (Lipinski definition) is 1. The molecule has 5 heteroatoms. The quantitative estimate of drug-likeness (QED) is 0.852. The van der Waals surface area contributed by atoms with Gasteiger partial charge >= 0.3 is 0 Å². The summed E-state index contributed by atoms with van der Waals surface area (Å²) in [5, 5.41) is 0. The fourth-order valence-electron chi connectivity index (χ4n) is 1.59.